The van der Waals surface area contributed by atoms with Crippen LogP contribution in [-0.2, 0) is 0 Å². The van der Waals surface area contributed by atoms with Gasteiger partial charge in [0, 0.05) is 37.0 Å². The molecule has 1 N–H and O–H groups in total. The summed E-state index contributed by atoms with van der Waals surface area (Å²) in [6.45, 7) is 6.80. The second-order valence-corrected chi connectivity index (χ2v) is 6.99. The Morgan fingerprint density at radius 2 is 1.85 bits per heavy atom. The summed E-state index contributed by atoms with van der Waals surface area (Å²) in [6, 6.07) is 0.697. The molecule has 0 bridgehead atoms. The van der Waals surface area contributed by atoms with Crippen molar-refractivity contribution in [3.63, 3.8) is 0 Å². The van der Waals surface area contributed by atoms with Crippen molar-refractivity contribution in [2.45, 2.75) is 70.9 Å². The average molecular weight is 276 g/mol. The molecule has 0 aromatic heterocycles. The number of hydrogen-bond acceptors (Lipinski definition) is 3. The van der Waals surface area contributed by atoms with Crippen LogP contribution in [0.4, 0.5) is 0 Å². The molecule has 1 saturated carbocycles. The number of nitrogens with zero attached hydrogens (tertiary/aromatic N) is 2. The van der Waals surface area contributed by atoms with E-state index in [1.165, 1.54) is 30.7 Å². The molecular weight excluding hydrogens is 248 g/mol. The van der Waals surface area contributed by atoms with E-state index in [0.29, 0.717) is 12.0 Å². The number of aliphatic hydroxyl groups is 1. The number of rotatable bonds is 2. The fraction of sp³-hybridized carbons (Fsp3) is 0.824. The van der Waals surface area contributed by atoms with Gasteiger partial charge in [0.1, 0.15) is 0 Å². The SMILES string of the molecule is CC(C)C1=NC2=C(CC1)CN(C1CCC(O)CC1)CC2. The van der Waals surface area contributed by atoms with E-state index < -0.39 is 0 Å². The van der Waals surface area contributed by atoms with E-state index in [9.17, 15) is 5.11 Å². The van der Waals surface area contributed by atoms with Crippen LogP contribution in [0.1, 0.15) is 58.8 Å². The van der Waals surface area contributed by atoms with Gasteiger partial charge in [0.15, 0.2) is 0 Å². The van der Waals surface area contributed by atoms with Gasteiger partial charge in [-0.3, -0.25) is 9.89 Å². The zero-order valence-electron chi connectivity index (χ0n) is 12.9. The molecule has 0 amide bonds. The van der Waals surface area contributed by atoms with Crippen molar-refractivity contribution in [3.8, 4) is 0 Å². The molecule has 112 valence electrons. The van der Waals surface area contributed by atoms with E-state index >= 15 is 0 Å². The molecule has 2 heterocycles. The summed E-state index contributed by atoms with van der Waals surface area (Å²) in [5.74, 6) is 0.599. The van der Waals surface area contributed by atoms with Gasteiger partial charge in [0.25, 0.3) is 0 Å². The van der Waals surface area contributed by atoms with Gasteiger partial charge in [-0.1, -0.05) is 13.8 Å². The van der Waals surface area contributed by atoms with Crippen molar-refractivity contribution in [3.05, 3.63) is 11.3 Å². The summed E-state index contributed by atoms with van der Waals surface area (Å²) in [5.41, 5.74) is 4.39. The van der Waals surface area contributed by atoms with Crippen molar-refractivity contribution in [2.75, 3.05) is 13.1 Å². The molecule has 3 heteroatoms. The van der Waals surface area contributed by atoms with Crippen LogP contribution in [-0.4, -0.2) is 41.0 Å². The smallest absolute Gasteiger partial charge is 0.0541 e. The number of aliphatic imine (C=N–C) groups is 1. The summed E-state index contributed by atoms with van der Waals surface area (Å²) < 4.78 is 0. The number of aliphatic hydroxyl groups excluding tert-OH is 1. The average Bonchev–Trinajstić information content (AvgIpc) is 2.47. The van der Waals surface area contributed by atoms with Crippen LogP contribution in [0.2, 0.25) is 0 Å². The zero-order chi connectivity index (χ0) is 14.1. The van der Waals surface area contributed by atoms with Crippen LogP contribution in [0.15, 0.2) is 16.3 Å². The molecule has 1 aliphatic carbocycles. The Morgan fingerprint density at radius 3 is 2.55 bits per heavy atom. The third-order valence-electron chi connectivity index (χ3n) is 5.25. The first-order chi connectivity index (χ1) is 9.63. The maximum atomic E-state index is 9.65. The lowest BCUT2D eigenvalue weighted by molar-refractivity contribution is 0.0752. The first-order valence-electron chi connectivity index (χ1n) is 8.34. The number of hydrogen-bond donors (Lipinski definition) is 1. The highest BCUT2D eigenvalue weighted by Gasteiger charge is 2.29. The Morgan fingerprint density at radius 1 is 1.10 bits per heavy atom. The summed E-state index contributed by atoms with van der Waals surface area (Å²) in [7, 11) is 0. The van der Waals surface area contributed by atoms with E-state index in [0.717, 1.165) is 38.8 Å². The van der Waals surface area contributed by atoms with Gasteiger partial charge in [0.05, 0.1) is 6.10 Å². The van der Waals surface area contributed by atoms with Crippen molar-refractivity contribution < 1.29 is 5.11 Å². The second kappa shape index (κ2) is 5.98. The fourth-order valence-electron chi connectivity index (χ4n) is 3.86. The maximum Gasteiger partial charge on any atom is 0.0541 e. The first kappa shape index (κ1) is 14.3. The molecule has 0 spiro atoms. The molecule has 0 aromatic carbocycles. The van der Waals surface area contributed by atoms with Gasteiger partial charge < -0.3 is 5.11 Å². The van der Waals surface area contributed by atoms with Crippen LogP contribution in [0.5, 0.6) is 0 Å². The highest BCUT2D eigenvalue weighted by Crippen LogP contribution is 2.32. The lowest BCUT2D eigenvalue weighted by Crippen LogP contribution is -2.43. The highest BCUT2D eigenvalue weighted by molar-refractivity contribution is 5.88. The van der Waals surface area contributed by atoms with E-state index in [1.54, 1.807) is 5.57 Å². The van der Waals surface area contributed by atoms with Gasteiger partial charge >= 0.3 is 0 Å². The molecular formula is C17H28N2O. The molecule has 20 heavy (non-hydrogen) atoms. The Bertz CT molecular complexity index is 417. The van der Waals surface area contributed by atoms with E-state index in [1.807, 2.05) is 0 Å². The van der Waals surface area contributed by atoms with E-state index in [-0.39, 0.29) is 6.10 Å². The Balaban J connectivity index is 1.65. The van der Waals surface area contributed by atoms with Gasteiger partial charge in [-0.2, -0.15) is 0 Å². The largest absolute Gasteiger partial charge is 0.393 e. The molecule has 0 unspecified atom stereocenters. The topological polar surface area (TPSA) is 35.8 Å². The van der Waals surface area contributed by atoms with Gasteiger partial charge in [-0.05, 0) is 50.0 Å². The van der Waals surface area contributed by atoms with Crippen molar-refractivity contribution in [1.82, 2.24) is 4.90 Å². The second-order valence-electron chi connectivity index (χ2n) is 6.99. The molecule has 0 saturated heterocycles. The third kappa shape index (κ3) is 2.99. The van der Waals surface area contributed by atoms with E-state index in [4.69, 9.17) is 4.99 Å². The minimum atomic E-state index is -0.0429. The lowest BCUT2D eigenvalue weighted by Gasteiger charge is -2.40. The van der Waals surface area contributed by atoms with Crippen molar-refractivity contribution in [2.24, 2.45) is 10.9 Å². The Labute approximate surface area is 122 Å². The Hall–Kier alpha value is -0.670. The fourth-order valence-corrected chi connectivity index (χ4v) is 3.86. The molecule has 3 aliphatic rings. The van der Waals surface area contributed by atoms with E-state index in [2.05, 4.69) is 18.7 Å². The molecule has 2 aliphatic heterocycles. The monoisotopic (exact) mass is 276 g/mol. The minimum Gasteiger partial charge on any atom is -0.393 e. The summed E-state index contributed by atoms with van der Waals surface area (Å²) in [5, 5.41) is 9.65. The molecule has 0 atom stereocenters. The van der Waals surface area contributed by atoms with Crippen LogP contribution in [0.25, 0.3) is 0 Å². The minimum absolute atomic E-state index is 0.0429. The maximum absolute atomic E-state index is 9.65. The van der Waals surface area contributed by atoms with Crippen LogP contribution < -0.4 is 0 Å². The summed E-state index contributed by atoms with van der Waals surface area (Å²) in [6.07, 6.45) is 7.79. The van der Waals surface area contributed by atoms with Crippen LogP contribution in [0.3, 0.4) is 0 Å². The first-order valence-corrected chi connectivity index (χ1v) is 8.34. The summed E-state index contributed by atoms with van der Waals surface area (Å²) >= 11 is 0. The molecule has 3 rings (SSSR count). The normalized spacial score (nSPS) is 32.3. The van der Waals surface area contributed by atoms with Crippen molar-refractivity contribution >= 4 is 5.71 Å². The molecule has 0 aromatic rings. The quantitative estimate of drug-likeness (QED) is 0.841. The highest BCUT2D eigenvalue weighted by atomic mass is 16.3. The van der Waals surface area contributed by atoms with Crippen molar-refractivity contribution in [1.29, 1.82) is 0 Å². The molecule has 0 radical (unpaired) electrons. The summed E-state index contributed by atoms with van der Waals surface area (Å²) in [4.78, 5) is 7.58. The predicted octanol–water partition coefficient (Wildman–Crippen LogP) is 3.14. The Kier molecular flexibility index (Phi) is 4.27. The van der Waals surface area contributed by atoms with Gasteiger partial charge in [0.2, 0.25) is 0 Å². The van der Waals surface area contributed by atoms with Crippen LogP contribution >= 0.6 is 0 Å². The molecule has 3 nitrogen and oxygen atoms in total. The molecule has 1 fully saturated rings. The third-order valence-corrected chi connectivity index (χ3v) is 5.25. The zero-order valence-corrected chi connectivity index (χ0v) is 12.9. The van der Waals surface area contributed by atoms with Gasteiger partial charge in [-0.25, -0.2) is 0 Å². The van der Waals surface area contributed by atoms with Crippen LogP contribution in [0, 0.1) is 5.92 Å². The lowest BCUT2D eigenvalue weighted by atomic mass is 9.88. The predicted molar refractivity (Wildman–Crippen MR) is 83.0 cm³/mol. The van der Waals surface area contributed by atoms with Gasteiger partial charge in [-0.15, -0.1) is 0 Å². The standard InChI is InChI=1S/C17H28N2O/c1-12(2)16-8-3-13-11-19(10-9-17(13)18-16)14-4-6-15(20)7-5-14/h12,14-15,20H,3-11H2,1-2H3.